The van der Waals surface area contributed by atoms with Gasteiger partial charge in [-0.15, -0.1) is 0 Å². The second-order valence-corrected chi connectivity index (χ2v) is 3.66. The van der Waals surface area contributed by atoms with Crippen LogP contribution in [0.2, 0.25) is 0 Å². The van der Waals surface area contributed by atoms with Gasteiger partial charge >= 0.3 is 0 Å². The minimum absolute atomic E-state index is 0.264. The van der Waals surface area contributed by atoms with Crippen LogP contribution in [0.4, 0.5) is 4.39 Å². The van der Waals surface area contributed by atoms with Crippen LogP contribution in [0.1, 0.15) is 11.3 Å². The van der Waals surface area contributed by atoms with Gasteiger partial charge in [-0.05, 0) is 30.7 Å². The predicted molar refractivity (Wildman–Crippen MR) is 57.4 cm³/mol. The van der Waals surface area contributed by atoms with Crippen LogP contribution in [0.5, 0.6) is 0 Å². The van der Waals surface area contributed by atoms with E-state index in [0.29, 0.717) is 6.42 Å². The highest BCUT2D eigenvalue weighted by Crippen LogP contribution is 2.25. The lowest BCUT2D eigenvalue weighted by atomic mass is 10.1. The van der Waals surface area contributed by atoms with E-state index in [1.807, 2.05) is 18.5 Å². The van der Waals surface area contributed by atoms with Crippen LogP contribution in [0.25, 0.3) is 10.9 Å². The molecule has 0 unspecified atom stereocenters. The molecule has 0 saturated carbocycles. The zero-order valence-electron chi connectivity index (χ0n) is 8.75. The van der Waals surface area contributed by atoms with Crippen molar-refractivity contribution in [1.82, 2.24) is 4.57 Å². The maximum Gasteiger partial charge on any atom is 0.124 e. The number of aldehydes is 1. The summed E-state index contributed by atoms with van der Waals surface area (Å²) in [5.74, 6) is -0.264. The highest BCUT2D eigenvalue weighted by Gasteiger charge is 2.11. The zero-order valence-corrected chi connectivity index (χ0v) is 8.75. The van der Waals surface area contributed by atoms with E-state index in [2.05, 4.69) is 0 Å². The zero-order chi connectivity index (χ0) is 11.0. The molecule has 1 heterocycles. The van der Waals surface area contributed by atoms with Gasteiger partial charge in [-0.1, -0.05) is 0 Å². The van der Waals surface area contributed by atoms with Crippen molar-refractivity contribution in [1.29, 1.82) is 0 Å². The van der Waals surface area contributed by atoms with Crippen LogP contribution in [0.3, 0.4) is 0 Å². The lowest BCUT2D eigenvalue weighted by Gasteiger charge is -1.97. The van der Waals surface area contributed by atoms with Crippen LogP contribution < -0.4 is 0 Å². The number of aromatic nitrogens is 1. The molecule has 0 bridgehead atoms. The minimum Gasteiger partial charge on any atom is -0.348 e. The number of hydrogen-bond acceptors (Lipinski definition) is 1. The van der Waals surface area contributed by atoms with Gasteiger partial charge in [0.05, 0.1) is 0 Å². The van der Waals surface area contributed by atoms with Crippen molar-refractivity contribution >= 4 is 17.2 Å². The molecule has 15 heavy (non-hydrogen) atoms. The molecule has 0 amide bonds. The Hall–Kier alpha value is -1.64. The second-order valence-electron chi connectivity index (χ2n) is 3.66. The van der Waals surface area contributed by atoms with E-state index in [-0.39, 0.29) is 5.82 Å². The number of fused-ring (bicyclic) bond motifs is 1. The number of benzene rings is 1. The predicted octanol–water partition coefficient (Wildman–Crippen LogP) is 2.37. The molecule has 3 heteroatoms. The van der Waals surface area contributed by atoms with Crippen LogP contribution in [-0.2, 0) is 18.3 Å². The number of carbonyl (C=O) groups excluding carboxylic acids is 1. The van der Waals surface area contributed by atoms with Crippen molar-refractivity contribution in [3.05, 3.63) is 35.3 Å². The molecule has 78 valence electrons. The largest absolute Gasteiger partial charge is 0.348 e. The van der Waals surface area contributed by atoms with Gasteiger partial charge in [0.15, 0.2) is 0 Å². The summed E-state index contributed by atoms with van der Waals surface area (Å²) in [5, 5.41) is 0.835. The van der Waals surface area contributed by atoms with Gasteiger partial charge in [0.1, 0.15) is 12.1 Å². The standard InChI is InChI=1S/C12H12FNO/c1-8-10(5-6-15)11-7-9(13)3-4-12(11)14(8)2/h3-4,6-7H,5H2,1-2H3. The number of carbonyl (C=O) groups is 1. The molecule has 2 aromatic rings. The number of rotatable bonds is 2. The SMILES string of the molecule is Cc1c(CC=O)c2cc(F)ccc2n1C. The maximum absolute atomic E-state index is 13.1. The van der Waals surface area contributed by atoms with Crippen molar-refractivity contribution in [2.45, 2.75) is 13.3 Å². The molecule has 0 radical (unpaired) electrons. The van der Waals surface area contributed by atoms with Gasteiger partial charge in [0.25, 0.3) is 0 Å². The molecule has 1 aromatic heterocycles. The normalized spacial score (nSPS) is 10.9. The van der Waals surface area contributed by atoms with Gasteiger partial charge in [-0.25, -0.2) is 4.39 Å². The van der Waals surface area contributed by atoms with Crippen LogP contribution in [0.15, 0.2) is 18.2 Å². The van der Waals surface area contributed by atoms with E-state index < -0.39 is 0 Å². The molecule has 0 aliphatic carbocycles. The molecular weight excluding hydrogens is 193 g/mol. The molecule has 0 atom stereocenters. The number of nitrogens with zero attached hydrogens (tertiary/aromatic N) is 1. The highest BCUT2D eigenvalue weighted by molar-refractivity contribution is 5.87. The summed E-state index contributed by atoms with van der Waals surface area (Å²) >= 11 is 0. The Balaban J connectivity index is 2.81. The summed E-state index contributed by atoms with van der Waals surface area (Å²) in [5.41, 5.74) is 2.90. The van der Waals surface area contributed by atoms with Crippen molar-refractivity contribution in [2.24, 2.45) is 7.05 Å². The first-order valence-electron chi connectivity index (χ1n) is 4.82. The first-order chi connectivity index (χ1) is 7.15. The van der Waals surface area contributed by atoms with Gasteiger partial charge in [-0.3, -0.25) is 0 Å². The molecular formula is C12H12FNO. The monoisotopic (exact) mass is 205 g/mol. The summed E-state index contributed by atoms with van der Waals surface area (Å²) in [4.78, 5) is 10.6. The third-order valence-corrected chi connectivity index (χ3v) is 2.87. The minimum atomic E-state index is -0.264. The molecule has 2 nitrogen and oxygen atoms in total. The number of halogens is 1. The molecule has 0 aliphatic heterocycles. The van der Waals surface area contributed by atoms with Crippen LogP contribution in [-0.4, -0.2) is 10.9 Å². The van der Waals surface area contributed by atoms with Crippen LogP contribution in [0, 0.1) is 12.7 Å². The number of hydrogen-bond donors (Lipinski definition) is 0. The fourth-order valence-corrected chi connectivity index (χ4v) is 1.96. The average Bonchev–Trinajstić information content (AvgIpc) is 2.44. The van der Waals surface area contributed by atoms with E-state index in [1.165, 1.54) is 12.1 Å². The Morgan fingerprint density at radius 3 is 2.87 bits per heavy atom. The highest BCUT2D eigenvalue weighted by atomic mass is 19.1. The Kier molecular flexibility index (Phi) is 2.31. The second kappa shape index (κ2) is 3.50. The Labute approximate surface area is 87.3 Å². The molecule has 2 rings (SSSR count). The van der Waals surface area contributed by atoms with E-state index in [0.717, 1.165) is 28.4 Å². The van der Waals surface area contributed by atoms with Crippen molar-refractivity contribution in [2.75, 3.05) is 0 Å². The summed E-state index contributed by atoms with van der Waals surface area (Å²) in [6.45, 7) is 1.94. The summed E-state index contributed by atoms with van der Waals surface area (Å²) in [7, 11) is 1.92. The fraction of sp³-hybridized carbons (Fsp3) is 0.250. The molecule has 1 aromatic carbocycles. The van der Waals surface area contributed by atoms with E-state index in [1.54, 1.807) is 6.07 Å². The van der Waals surface area contributed by atoms with E-state index in [9.17, 15) is 9.18 Å². The summed E-state index contributed by atoms with van der Waals surface area (Å²) < 4.78 is 15.1. The first-order valence-corrected chi connectivity index (χ1v) is 4.82. The van der Waals surface area contributed by atoms with Gasteiger partial charge in [0.2, 0.25) is 0 Å². The van der Waals surface area contributed by atoms with E-state index >= 15 is 0 Å². The topological polar surface area (TPSA) is 22.0 Å². The lowest BCUT2D eigenvalue weighted by molar-refractivity contribution is -0.107. The van der Waals surface area contributed by atoms with E-state index in [4.69, 9.17) is 0 Å². The molecule has 0 spiro atoms. The van der Waals surface area contributed by atoms with Crippen LogP contribution >= 0.6 is 0 Å². The summed E-state index contributed by atoms with van der Waals surface area (Å²) in [6, 6.07) is 4.67. The fourth-order valence-electron chi connectivity index (χ4n) is 1.96. The van der Waals surface area contributed by atoms with Crippen molar-refractivity contribution in [3.8, 4) is 0 Å². The Bertz CT molecular complexity index is 528. The van der Waals surface area contributed by atoms with Crippen molar-refractivity contribution in [3.63, 3.8) is 0 Å². The van der Waals surface area contributed by atoms with Gasteiger partial charge < -0.3 is 9.36 Å². The Morgan fingerprint density at radius 1 is 1.47 bits per heavy atom. The maximum atomic E-state index is 13.1. The summed E-state index contributed by atoms with van der Waals surface area (Å²) in [6.07, 6.45) is 1.19. The van der Waals surface area contributed by atoms with Gasteiger partial charge in [0, 0.05) is 30.1 Å². The first kappa shape index (κ1) is 9.90. The third-order valence-electron chi connectivity index (χ3n) is 2.87. The van der Waals surface area contributed by atoms with Gasteiger partial charge in [-0.2, -0.15) is 0 Å². The molecule has 0 N–H and O–H groups in total. The third kappa shape index (κ3) is 1.44. The Morgan fingerprint density at radius 2 is 2.20 bits per heavy atom. The molecule has 0 fully saturated rings. The quantitative estimate of drug-likeness (QED) is 0.690. The molecule has 0 saturated heterocycles. The van der Waals surface area contributed by atoms with Crippen molar-refractivity contribution < 1.29 is 9.18 Å². The number of aryl methyl sites for hydroxylation is 1. The lowest BCUT2D eigenvalue weighted by Crippen LogP contribution is -1.92. The smallest absolute Gasteiger partial charge is 0.124 e. The molecule has 0 aliphatic rings. The average molecular weight is 205 g/mol.